The number of nitrogens with zero attached hydrogens (tertiary/aromatic N) is 3. The first-order chi connectivity index (χ1) is 17.9. The van der Waals surface area contributed by atoms with Gasteiger partial charge >= 0.3 is 0 Å². The average Bonchev–Trinajstić information content (AvgIpc) is 2.82. The molecule has 0 bridgehead atoms. The number of phenols is 1. The number of fused-ring (bicyclic) bond motifs is 2. The first-order valence-corrected chi connectivity index (χ1v) is 13.9. The van der Waals surface area contributed by atoms with Crippen molar-refractivity contribution in [3.63, 3.8) is 0 Å². The zero-order valence-electron chi connectivity index (χ0n) is 18.9. The van der Waals surface area contributed by atoms with Crippen molar-refractivity contribution in [1.29, 1.82) is 0 Å². The molecule has 0 spiro atoms. The summed E-state index contributed by atoms with van der Waals surface area (Å²) in [4.78, 5) is 11.2. The topological polar surface area (TPSA) is 198 Å². The van der Waals surface area contributed by atoms with Gasteiger partial charge in [-0.25, -0.2) is 0 Å². The molecule has 0 unspecified atom stereocenters. The molecule has 1 aromatic heterocycles. The average molecular weight is 576 g/mol. The smallest absolute Gasteiger partial charge is 0.295 e. The number of phenolic OH excluding ortho intramolecular Hbond substituents is 1. The molecule has 4 aromatic carbocycles. The van der Waals surface area contributed by atoms with Crippen LogP contribution in [0.4, 0.5) is 23.3 Å². The molecular formula is C23H18ClN5O7S2. The lowest BCUT2D eigenvalue weighted by Crippen LogP contribution is -2.06. The Labute approximate surface area is 221 Å². The number of nitrogens with one attached hydrogen (secondary N) is 2. The number of halogens is 1. The first-order valence-electron chi connectivity index (χ1n) is 10.6. The second kappa shape index (κ2) is 9.52. The number of aromatic hydroxyl groups is 1. The minimum Gasteiger partial charge on any atom is -0.507 e. The predicted molar refractivity (Wildman–Crippen MR) is 145 cm³/mol. The van der Waals surface area contributed by atoms with Gasteiger partial charge in [0.15, 0.2) is 0 Å². The van der Waals surface area contributed by atoms with Gasteiger partial charge < -0.3 is 29.4 Å². The summed E-state index contributed by atoms with van der Waals surface area (Å²) in [6.45, 7) is 0. The van der Waals surface area contributed by atoms with E-state index in [1.165, 1.54) is 6.07 Å². The van der Waals surface area contributed by atoms with Crippen molar-refractivity contribution in [3.05, 3.63) is 72.0 Å². The summed E-state index contributed by atoms with van der Waals surface area (Å²) in [6, 6.07) is 17.3. The summed E-state index contributed by atoms with van der Waals surface area (Å²) >= 11 is 6.12. The molecule has 7 N–H and O–H groups in total. The van der Waals surface area contributed by atoms with Gasteiger partial charge in [0.25, 0.3) is 10.1 Å². The van der Waals surface area contributed by atoms with E-state index in [9.17, 15) is 31.7 Å². The van der Waals surface area contributed by atoms with Gasteiger partial charge in [0, 0.05) is 21.8 Å². The van der Waals surface area contributed by atoms with E-state index in [1.807, 2.05) is 42.5 Å². The molecule has 0 fully saturated rings. The molecule has 12 nitrogen and oxygen atoms in total. The van der Waals surface area contributed by atoms with E-state index >= 15 is 0 Å². The lowest BCUT2D eigenvalue weighted by Gasteiger charge is -2.21. The third kappa shape index (κ3) is 5.14. The number of hydrogen-bond acceptors (Lipinski definition) is 11. The van der Waals surface area contributed by atoms with Gasteiger partial charge in [0.2, 0.25) is 17.2 Å². The van der Waals surface area contributed by atoms with Gasteiger partial charge in [-0.2, -0.15) is 23.4 Å². The SMILES string of the molecule is O=S(=O)(O)c1ccc(Nc2nc(Cl)nc(Nc3cccc4ccccc34)n2)c2c(O)cc(S(O)(O)O)cc12. The van der Waals surface area contributed by atoms with Crippen molar-refractivity contribution in [1.82, 2.24) is 15.0 Å². The molecule has 5 aromatic rings. The van der Waals surface area contributed by atoms with Crippen molar-refractivity contribution >= 4 is 77.4 Å². The summed E-state index contributed by atoms with van der Waals surface area (Å²) < 4.78 is 62.5. The van der Waals surface area contributed by atoms with Gasteiger partial charge in [-0.15, -0.1) is 0 Å². The predicted octanol–water partition coefficient (Wildman–Crippen LogP) is 5.85. The fraction of sp³-hybridized carbons (Fsp3) is 0. The summed E-state index contributed by atoms with van der Waals surface area (Å²) in [6.07, 6.45) is 0. The standard InChI is InChI=1S/C23H18ClN5O7S2/c24-21-27-22(25-16-7-3-5-12-4-1-2-6-14(12)16)29-23(28-21)26-17-8-9-19(38(34,35)36)15-10-13(37(31,32)33)11-18(30)20(15)17/h1-11,30-33H,(H,34,35,36)(H2,25,26,27,28,29). The van der Waals surface area contributed by atoms with Crippen LogP contribution in [0.1, 0.15) is 0 Å². The Morgan fingerprint density at radius 2 is 1.39 bits per heavy atom. The second-order valence-corrected chi connectivity index (χ2v) is 11.2. The highest BCUT2D eigenvalue weighted by molar-refractivity contribution is 8.19. The molecule has 0 saturated carbocycles. The Morgan fingerprint density at radius 1 is 0.737 bits per heavy atom. The normalized spacial score (nSPS) is 12.6. The maximum absolute atomic E-state index is 12.0. The van der Waals surface area contributed by atoms with Gasteiger partial charge in [0.1, 0.15) is 21.5 Å². The third-order valence-electron chi connectivity index (χ3n) is 5.51. The van der Waals surface area contributed by atoms with Crippen LogP contribution in [-0.4, -0.2) is 46.7 Å². The van der Waals surface area contributed by atoms with E-state index < -0.39 is 36.5 Å². The molecule has 5 rings (SSSR count). The molecular weight excluding hydrogens is 558 g/mol. The molecule has 0 aliphatic carbocycles. The number of benzene rings is 4. The highest BCUT2D eigenvalue weighted by Gasteiger charge is 2.24. The molecule has 38 heavy (non-hydrogen) atoms. The molecule has 0 atom stereocenters. The van der Waals surface area contributed by atoms with Crippen LogP contribution >= 0.6 is 22.5 Å². The quantitative estimate of drug-likeness (QED) is 0.119. The fourth-order valence-corrected chi connectivity index (χ4v) is 5.32. The van der Waals surface area contributed by atoms with Crippen LogP contribution in [0.2, 0.25) is 5.28 Å². The maximum atomic E-state index is 12.0. The van der Waals surface area contributed by atoms with Crippen LogP contribution in [0.15, 0.2) is 76.5 Å². The lowest BCUT2D eigenvalue weighted by molar-refractivity contribution is 0.375. The molecule has 1 heterocycles. The van der Waals surface area contributed by atoms with E-state index in [1.54, 1.807) is 0 Å². The first kappa shape index (κ1) is 25.9. The number of rotatable bonds is 6. The molecule has 0 aliphatic rings. The van der Waals surface area contributed by atoms with Crippen LogP contribution in [-0.2, 0) is 10.1 Å². The fourth-order valence-electron chi connectivity index (χ4n) is 3.93. The highest BCUT2D eigenvalue weighted by atomic mass is 35.5. The minimum atomic E-state index is -4.81. The van der Waals surface area contributed by atoms with Crippen molar-refractivity contribution < 1.29 is 31.7 Å². The molecule has 0 radical (unpaired) electrons. The molecule has 0 saturated heterocycles. The van der Waals surface area contributed by atoms with E-state index in [4.69, 9.17) is 11.6 Å². The zero-order valence-corrected chi connectivity index (χ0v) is 21.3. The van der Waals surface area contributed by atoms with Crippen molar-refractivity contribution in [2.24, 2.45) is 0 Å². The summed E-state index contributed by atoms with van der Waals surface area (Å²) in [7, 11) is -9.13. The largest absolute Gasteiger partial charge is 0.507 e. The maximum Gasteiger partial charge on any atom is 0.295 e. The van der Waals surface area contributed by atoms with E-state index in [-0.39, 0.29) is 33.6 Å². The molecule has 0 aliphatic heterocycles. The van der Waals surface area contributed by atoms with Crippen LogP contribution in [0.5, 0.6) is 5.75 Å². The van der Waals surface area contributed by atoms with Gasteiger partial charge in [0.05, 0.1) is 10.6 Å². The Kier molecular flexibility index (Phi) is 6.48. The highest BCUT2D eigenvalue weighted by Crippen LogP contribution is 2.48. The van der Waals surface area contributed by atoms with Crippen LogP contribution < -0.4 is 10.6 Å². The number of aromatic nitrogens is 3. The third-order valence-corrected chi connectivity index (χ3v) is 7.46. The van der Waals surface area contributed by atoms with Gasteiger partial charge in [-0.3, -0.25) is 4.55 Å². The summed E-state index contributed by atoms with van der Waals surface area (Å²) in [5.74, 6) is -0.624. The molecule has 0 amide bonds. The monoisotopic (exact) mass is 575 g/mol. The summed E-state index contributed by atoms with van der Waals surface area (Å²) in [5.41, 5.74) is 0.775. The van der Waals surface area contributed by atoms with Crippen molar-refractivity contribution in [2.75, 3.05) is 10.6 Å². The van der Waals surface area contributed by atoms with Gasteiger partial charge in [-0.1, -0.05) is 36.4 Å². The lowest BCUT2D eigenvalue weighted by atomic mass is 10.1. The van der Waals surface area contributed by atoms with E-state index in [0.29, 0.717) is 5.69 Å². The Morgan fingerprint density at radius 3 is 2.08 bits per heavy atom. The zero-order chi connectivity index (χ0) is 27.2. The Bertz CT molecular complexity index is 1830. The molecule has 15 heteroatoms. The van der Waals surface area contributed by atoms with Crippen molar-refractivity contribution in [2.45, 2.75) is 9.79 Å². The number of anilines is 4. The molecule has 196 valence electrons. The summed E-state index contributed by atoms with van der Waals surface area (Å²) in [5, 5.41) is 17.8. The Hall–Kier alpha value is -3.76. The van der Waals surface area contributed by atoms with E-state index in [0.717, 1.165) is 29.0 Å². The second-order valence-electron chi connectivity index (χ2n) is 8.00. The van der Waals surface area contributed by atoms with Gasteiger partial charge in [-0.05, 0) is 47.3 Å². The van der Waals surface area contributed by atoms with Crippen molar-refractivity contribution in [3.8, 4) is 5.75 Å². The number of hydrogen-bond donors (Lipinski definition) is 7. The van der Waals surface area contributed by atoms with E-state index in [2.05, 4.69) is 25.6 Å². The van der Waals surface area contributed by atoms with Crippen LogP contribution in [0, 0.1) is 0 Å². The minimum absolute atomic E-state index is 0.0734. The van der Waals surface area contributed by atoms with Crippen LogP contribution in [0.25, 0.3) is 21.5 Å². The Balaban J connectivity index is 1.59. The van der Waals surface area contributed by atoms with Crippen LogP contribution in [0.3, 0.4) is 0 Å².